The van der Waals surface area contributed by atoms with Crippen LogP contribution in [-0.4, -0.2) is 33.3 Å². The summed E-state index contributed by atoms with van der Waals surface area (Å²) in [5, 5.41) is 3.30. The van der Waals surface area contributed by atoms with Gasteiger partial charge in [-0.25, -0.2) is 0 Å². The predicted molar refractivity (Wildman–Crippen MR) is 81.7 cm³/mol. The number of rotatable bonds is 7. The number of esters is 1. The summed E-state index contributed by atoms with van der Waals surface area (Å²) in [5.74, 6) is 1.24. The van der Waals surface area contributed by atoms with E-state index in [-0.39, 0.29) is 24.0 Å². The summed E-state index contributed by atoms with van der Waals surface area (Å²) in [5.41, 5.74) is 1.02. The van der Waals surface area contributed by atoms with E-state index in [0.29, 0.717) is 11.5 Å². The molecule has 0 spiro atoms. The molecule has 118 valence electrons. The number of ether oxygens (including phenoxy) is 3. The van der Waals surface area contributed by atoms with Gasteiger partial charge in [-0.1, -0.05) is 19.9 Å². The first-order valence-electron chi connectivity index (χ1n) is 7.00. The second-order valence-electron chi connectivity index (χ2n) is 5.25. The van der Waals surface area contributed by atoms with Gasteiger partial charge in [0.05, 0.1) is 21.3 Å². The third-order valence-corrected chi connectivity index (χ3v) is 3.46. The van der Waals surface area contributed by atoms with Crippen molar-refractivity contribution in [2.24, 2.45) is 5.92 Å². The van der Waals surface area contributed by atoms with E-state index in [0.717, 1.165) is 5.56 Å². The highest BCUT2D eigenvalue weighted by Crippen LogP contribution is 2.30. The Morgan fingerprint density at radius 2 is 1.67 bits per heavy atom. The van der Waals surface area contributed by atoms with Crippen molar-refractivity contribution < 1.29 is 19.0 Å². The van der Waals surface area contributed by atoms with E-state index in [2.05, 4.69) is 5.32 Å². The molecular weight excluding hydrogens is 270 g/mol. The lowest BCUT2D eigenvalue weighted by atomic mass is 10.0. The molecule has 0 aromatic heterocycles. The van der Waals surface area contributed by atoms with Gasteiger partial charge in [0.15, 0.2) is 11.5 Å². The largest absolute Gasteiger partial charge is 0.493 e. The van der Waals surface area contributed by atoms with Crippen LogP contribution in [0, 0.1) is 5.92 Å². The van der Waals surface area contributed by atoms with Crippen molar-refractivity contribution in [1.82, 2.24) is 5.32 Å². The number of nitrogens with one attached hydrogen (secondary N) is 1. The van der Waals surface area contributed by atoms with Crippen LogP contribution in [0.4, 0.5) is 0 Å². The maximum atomic E-state index is 11.8. The Kier molecular flexibility index (Phi) is 6.49. The SMILES string of the molecule is COC(=O)[C@@H](NC(C)c1ccc(OC)c(OC)c1)C(C)C. The zero-order valence-corrected chi connectivity index (χ0v) is 13.6. The minimum Gasteiger partial charge on any atom is -0.493 e. The lowest BCUT2D eigenvalue weighted by Crippen LogP contribution is -2.42. The second-order valence-corrected chi connectivity index (χ2v) is 5.25. The van der Waals surface area contributed by atoms with Gasteiger partial charge in [-0.2, -0.15) is 0 Å². The zero-order valence-electron chi connectivity index (χ0n) is 13.6. The van der Waals surface area contributed by atoms with Crippen LogP contribution in [0.15, 0.2) is 18.2 Å². The Morgan fingerprint density at radius 3 is 2.14 bits per heavy atom. The van der Waals surface area contributed by atoms with Crippen LogP contribution < -0.4 is 14.8 Å². The molecule has 21 heavy (non-hydrogen) atoms. The Morgan fingerprint density at radius 1 is 1.05 bits per heavy atom. The monoisotopic (exact) mass is 295 g/mol. The van der Waals surface area contributed by atoms with Gasteiger partial charge in [0.1, 0.15) is 6.04 Å². The molecule has 0 aliphatic heterocycles. The first-order chi connectivity index (χ1) is 9.94. The van der Waals surface area contributed by atoms with Gasteiger partial charge in [-0.15, -0.1) is 0 Å². The molecule has 1 aromatic rings. The van der Waals surface area contributed by atoms with E-state index in [4.69, 9.17) is 14.2 Å². The van der Waals surface area contributed by atoms with Crippen LogP contribution in [0.2, 0.25) is 0 Å². The van der Waals surface area contributed by atoms with Crippen molar-refractivity contribution in [3.63, 3.8) is 0 Å². The Balaban J connectivity index is 2.92. The van der Waals surface area contributed by atoms with Crippen LogP contribution in [0.3, 0.4) is 0 Å². The van der Waals surface area contributed by atoms with Gasteiger partial charge in [-0.3, -0.25) is 10.1 Å². The lowest BCUT2D eigenvalue weighted by Gasteiger charge is -2.25. The predicted octanol–water partition coefficient (Wildman–Crippen LogP) is 2.55. The fourth-order valence-electron chi connectivity index (χ4n) is 2.15. The summed E-state index contributed by atoms with van der Waals surface area (Å²) in [6, 6.07) is 5.35. The van der Waals surface area contributed by atoms with Crippen LogP contribution in [0.25, 0.3) is 0 Å². The Hall–Kier alpha value is -1.75. The quantitative estimate of drug-likeness (QED) is 0.783. The maximum Gasteiger partial charge on any atom is 0.323 e. The van der Waals surface area contributed by atoms with E-state index < -0.39 is 0 Å². The normalized spacial score (nSPS) is 13.7. The number of methoxy groups -OCH3 is 3. The van der Waals surface area contributed by atoms with Crippen LogP contribution in [-0.2, 0) is 9.53 Å². The molecule has 0 radical (unpaired) electrons. The van der Waals surface area contributed by atoms with Crippen molar-refractivity contribution >= 4 is 5.97 Å². The van der Waals surface area contributed by atoms with Gasteiger partial charge in [-0.05, 0) is 30.5 Å². The van der Waals surface area contributed by atoms with Crippen molar-refractivity contribution in [2.75, 3.05) is 21.3 Å². The highest BCUT2D eigenvalue weighted by atomic mass is 16.5. The number of hydrogen-bond acceptors (Lipinski definition) is 5. The highest BCUT2D eigenvalue weighted by Gasteiger charge is 2.25. The van der Waals surface area contributed by atoms with Gasteiger partial charge in [0.2, 0.25) is 0 Å². The first-order valence-corrected chi connectivity index (χ1v) is 7.00. The van der Waals surface area contributed by atoms with Crippen LogP contribution in [0.5, 0.6) is 11.5 Å². The van der Waals surface area contributed by atoms with E-state index in [1.54, 1.807) is 14.2 Å². The van der Waals surface area contributed by atoms with E-state index >= 15 is 0 Å². The second kappa shape index (κ2) is 7.88. The van der Waals surface area contributed by atoms with Crippen LogP contribution >= 0.6 is 0 Å². The molecule has 1 N–H and O–H groups in total. The standard InChI is InChI=1S/C16H25NO4/c1-10(2)15(16(18)21-6)17-11(3)12-7-8-13(19-4)14(9-12)20-5/h7-11,15,17H,1-6H3/t11?,15-/m0/s1. The third kappa shape index (κ3) is 4.36. The molecule has 0 fully saturated rings. The first kappa shape index (κ1) is 17.3. The van der Waals surface area contributed by atoms with Crippen molar-refractivity contribution in [3.8, 4) is 11.5 Å². The molecule has 5 nitrogen and oxygen atoms in total. The molecule has 0 heterocycles. The average Bonchev–Trinajstić information content (AvgIpc) is 2.50. The van der Waals surface area contributed by atoms with Crippen molar-refractivity contribution in [1.29, 1.82) is 0 Å². The maximum absolute atomic E-state index is 11.8. The molecule has 1 aromatic carbocycles. The topological polar surface area (TPSA) is 56.8 Å². The van der Waals surface area contributed by atoms with Crippen LogP contribution in [0.1, 0.15) is 32.4 Å². The molecule has 0 aliphatic carbocycles. The molecular formula is C16H25NO4. The minimum absolute atomic E-state index is 0.0173. The molecule has 0 aliphatic rings. The summed E-state index contributed by atoms with van der Waals surface area (Å²) in [4.78, 5) is 11.8. The molecule has 0 saturated carbocycles. The molecule has 1 rings (SSSR count). The van der Waals surface area contributed by atoms with E-state index in [9.17, 15) is 4.79 Å². The molecule has 2 atom stereocenters. The third-order valence-electron chi connectivity index (χ3n) is 3.46. The fourth-order valence-corrected chi connectivity index (χ4v) is 2.15. The number of carbonyl (C=O) groups excluding carboxylic acids is 1. The Labute approximate surface area is 126 Å². The summed E-state index contributed by atoms with van der Waals surface area (Å²) < 4.78 is 15.4. The summed E-state index contributed by atoms with van der Waals surface area (Å²) >= 11 is 0. The van der Waals surface area contributed by atoms with Gasteiger partial charge < -0.3 is 14.2 Å². The molecule has 0 bridgehead atoms. The average molecular weight is 295 g/mol. The van der Waals surface area contributed by atoms with E-state index in [1.165, 1.54) is 7.11 Å². The number of carbonyl (C=O) groups is 1. The molecule has 0 amide bonds. The minimum atomic E-state index is -0.349. The summed E-state index contributed by atoms with van der Waals surface area (Å²) in [6.07, 6.45) is 0. The number of hydrogen-bond donors (Lipinski definition) is 1. The lowest BCUT2D eigenvalue weighted by molar-refractivity contribution is -0.144. The van der Waals surface area contributed by atoms with E-state index in [1.807, 2.05) is 39.0 Å². The van der Waals surface area contributed by atoms with Gasteiger partial charge >= 0.3 is 5.97 Å². The molecule has 5 heteroatoms. The fraction of sp³-hybridized carbons (Fsp3) is 0.562. The zero-order chi connectivity index (χ0) is 16.0. The number of benzene rings is 1. The molecule has 1 unspecified atom stereocenters. The summed E-state index contributed by atoms with van der Waals surface area (Å²) in [6.45, 7) is 5.96. The van der Waals surface area contributed by atoms with Crippen molar-refractivity contribution in [3.05, 3.63) is 23.8 Å². The van der Waals surface area contributed by atoms with Gasteiger partial charge in [0.25, 0.3) is 0 Å². The van der Waals surface area contributed by atoms with Gasteiger partial charge in [0, 0.05) is 6.04 Å². The van der Waals surface area contributed by atoms with Crippen molar-refractivity contribution in [2.45, 2.75) is 32.9 Å². The summed E-state index contributed by atoms with van der Waals surface area (Å²) in [7, 11) is 4.61. The molecule has 0 saturated heterocycles. The highest BCUT2D eigenvalue weighted by molar-refractivity contribution is 5.76. The smallest absolute Gasteiger partial charge is 0.323 e. The Bertz CT molecular complexity index is 473.